The second-order valence-electron chi connectivity index (χ2n) is 6.13. The average Bonchev–Trinajstić information content (AvgIpc) is 2.92. The van der Waals surface area contributed by atoms with Gasteiger partial charge in [0.1, 0.15) is 5.78 Å². The van der Waals surface area contributed by atoms with Crippen molar-refractivity contribution in [1.82, 2.24) is 4.90 Å². The lowest BCUT2D eigenvalue weighted by Crippen LogP contribution is -2.44. The molecule has 2 atom stereocenters. The summed E-state index contributed by atoms with van der Waals surface area (Å²) in [7, 11) is 0. The van der Waals surface area contributed by atoms with Gasteiger partial charge in [0, 0.05) is 25.4 Å². The Labute approximate surface area is 124 Å². The number of Topliss-reactive ketones (excluding diaryl/α,β-unsaturated/α-hetero) is 1. The standard InChI is InChI=1S/C17H21NO3/c19-15-9-13(10-15)17(21)18-8-4-7-14(18)11-16(20)12-5-2-1-3-6-12/h1-3,5-6,13-14,16,20H,4,7-11H2. The first-order chi connectivity index (χ1) is 10.1. The van der Waals surface area contributed by atoms with E-state index in [0.717, 1.165) is 24.9 Å². The number of nitrogens with zero attached hydrogens (tertiary/aromatic N) is 1. The van der Waals surface area contributed by atoms with E-state index in [2.05, 4.69) is 0 Å². The van der Waals surface area contributed by atoms with Crippen molar-refractivity contribution >= 4 is 11.7 Å². The van der Waals surface area contributed by atoms with Gasteiger partial charge in [0.15, 0.2) is 0 Å². The monoisotopic (exact) mass is 287 g/mol. The molecule has 1 aliphatic heterocycles. The van der Waals surface area contributed by atoms with Gasteiger partial charge in [0.2, 0.25) is 5.91 Å². The quantitative estimate of drug-likeness (QED) is 0.922. The molecule has 2 unspecified atom stereocenters. The van der Waals surface area contributed by atoms with Crippen LogP contribution in [0.2, 0.25) is 0 Å². The third-order valence-electron chi connectivity index (χ3n) is 4.64. The zero-order valence-electron chi connectivity index (χ0n) is 12.1. The van der Waals surface area contributed by atoms with Crippen LogP contribution in [0.1, 0.15) is 43.8 Å². The highest BCUT2D eigenvalue weighted by molar-refractivity contribution is 5.96. The maximum Gasteiger partial charge on any atom is 0.226 e. The molecule has 1 saturated heterocycles. The van der Waals surface area contributed by atoms with Crippen LogP contribution in [-0.4, -0.2) is 34.3 Å². The van der Waals surface area contributed by atoms with Crippen LogP contribution in [0.4, 0.5) is 0 Å². The van der Waals surface area contributed by atoms with E-state index >= 15 is 0 Å². The third kappa shape index (κ3) is 3.00. The van der Waals surface area contributed by atoms with Gasteiger partial charge in [0.25, 0.3) is 0 Å². The first-order valence-electron chi connectivity index (χ1n) is 7.70. The number of hydrogen-bond donors (Lipinski definition) is 1. The Hall–Kier alpha value is -1.68. The van der Waals surface area contributed by atoms with Gasteiger partial charge in [-0.1, -0.05) is 30.3 Å². The SMILES string of the molecule is O=C1CC(C(=O)N2CCCC2CC(O)c2ccccc2)C1. The maximum atomic E-state index is 12.4. The topological polar surface area (TPSA) is 57.6 Å². The summed E-state index contributed by atoms with van der Waals surface area (Å²) in [5.41, 5.74) is 0.899. The Morgan fingerprint density at radius 1 is 1.29 bits per heavy atom. The van der Waals surface area contributed by atoms with Crippen LogP contribution >= 0.6 is 0 Å². The first kappa shape index (κ1) is 14.3. The highest BCUT2D eigenvalue weighted by Gasteiger charge is 2.39. The fourth-order valence-corrected chi connectivity index (χ4v) is 3.34. The van der Waals surface area contributed by atoms with E-state index < -0.39 is 6.10 Å². The minimum absolute atomic E-state index is 0.100. The maximum absolute atomic E-state index is 12.4. The molecule has 4 nitrogen and oxygen atoms in total. The van der Waals surface area contributed by atoms with Gasteiger partial charge in [-0.2, -0.15) is 0 Å². The summed E-state index contributed by atoms with van der Waals surface area (Å²) in [6.45, 7) is 0.760. The van der Waals surface area contributed by atoms with E-state index in [1.54, 1.807) is 0 Å². The number of amides is 1. The predicted octanol–water partition coefficient (Wildman–Crippen LogP) is 2.08. The molecule has 0 bridgehead atoms. The van der Waals surface area contributed by atoms with Crippen molar-refractivity contribution in [1.29, 1.82) is 0 Å². The Balaban J connectivity index is 1.61. The number of likely N-dealkylation sites (tertiary alicyclic amines) is 1. The van der Waals surface area contributed by atoms with E-state index in [0.29, 0.717) is 19.3 Å². The fraction of sp³-hybridized carbons (Fsp3) is 0.529. The van der Waals surface area contributed by atoms with Gasteiger partial charge in [-0.3, -0.25) is 9.59 Å². The van der Waals surface area contributed by atoms with Gasteiger partial charge in [-0.05, 0) is 24.8 Å². The lowest BCUT2D eigenvalue weighted by atomic mass is 9.82. The summed E-state index contributed by atoms with van der Waals surface area (Å²) in [6, 6.07) is 9.68. The number of ketones is 1. The molecule has 1 heterocycles. The molecule has 3 rings (SSSR count). The van der Waals surface area contributed by atoms with E-state index in [1.807, 2.05) is 35.2 Å². The minimum Gasteiger partial charge on any atom is -0.388 e. The fourth-order valence-electron chi connectivity index (χ4n) is 3.34. The lowest BCUT2D eigenvalue weighted by Gasteiger charge is -2.32. The van der Waals surface area contributed by atoms with Crippen molar-refractivity contribution in [2.24, 2.45) is 5.92 Å². The van der Waals surface area contributed by atoms with E-state index in [4.69, 9.17) is 0 Å². The molecule has 0 spiro atoms. The van der Waals surface area contributed by atoms with Crippen LogP contribution in [0, 0.1) is 5.92 Å². The van der Waals surface area contributed by atoms with E-state index in [9.17, 15) is 14.7 Å². The zero-order valence-corrected chi connectivity index (χ0v) is 12.1. The first-order valence-corrected chi connectivity index (χ1v) is 7.70. The molecular weight excluding hydrogens is 266 g/mol. The number of rotatable bonds is 4. The van der Waals surface area contributed by atoms with Crippen LogP contribution in [-0.2, 0) is 9.59 Å². The summed E-state index contributed by atoms with van der Waals surface area (Å²) >= 11 is 0. The Morgan fingerprint density at radius 3 is 2.67 bits per heavy atom. The average molecular weight is 287 g/mol. The Bertz CT molecular complexity index is 520. The number of aliphatic hydroxyl groups excluding tert-OH is 1. The number of aliphatic hydroxyl groups is 1. The summed E-state index contributed by atoms with van der Waals surface area (Å²) in [4.78, 5) is 25.3. The summed E-state index contributed by atoms with van der Waals surface area (Å²) < 4.78 is 0. The van der Waals surface area contributed by atoms with Crippen molar-refractivity contribution < 1.29 is 14.7 Å². The molecule has 112 valence electrons. The molecule has 1 saturated carbocycles. The third-order valence-corrected chi connectivity index (χ3v) is 4.64. The van der Waals surface area contributed by atoms with Gasteiger partial charge < -0.3 is 10.0 Å². The molecule has 1 aromatic rings. The second-order valence-corrected chi connectivity index (χ2v) is 6.13. The van der Waals surface area contributed by atoms with Crippen molar-refractivity contribution in [3.63, 3.8) is 0 Å². The predicted molar refractivity (Wildman–Crippen MR) is 78.5 cm³/mol. The molecule has 1 amide bonds. The number of carbonyl (C=O) groups is 2. The van der Waals surface area contributed by atoms with Gasteiger partial charge in [-0.25, -0.2) is 0 Å². The summed E-state index contributed by atoms with van der Waals surface area (Å²) in [6.07, 6.45) is 2.78. The number of hydrogen-bond acceptors (Lipinski definition) is 3. The zero-order chi connectivity index (χ0) is 14.8. The number of carbonyl (C=O) groups excluding carboxylic acids is 2. The second kappa shape index (κ2) is 5.98. The van der Waals surface area contributed by atoms with Crippen molar-refractivity contribution in [3.05, 3.63) is 35.9 Å². The van der Waals surface area contributed by atoms with Crippen LogP contribution in [0.5, 0.6) is 0 Å². The highest BCUT2D eigenvalue weighted by Crippen LogP contribution is 2.32. The molecule has 4 heteroatoms. The van der Waals surface area contributed by atoms with Crippen LogP contribution in [0.25, 0.3) is 0 Å². The van der Waals surface area contributed by atoms with Crippen molar-refractivity contribution in [3.8, 4) is 0 Å². The molecule has 2 fully saturated rings. The molecule has 2 aliphatic rings. The summed E-state index contributed by atoms with van der Waals surface area (Å²) in [5.74, 6) is 0.192. The number of benzene rings is 1. The summed E-state index contributed by atoms with van der Waals surface area (Å²) in [5, 5.41) is 10.3. The van der Waals surface area contributed by atoms with Crippen molar-refractivity contribution in [2.45, 2.75) is 44.2 Å². The molecule has 1 N–H and O–H groups in total. The molecule has 0 radical (unpaired) electrons. The molecule has 1 aromatic carbocycles. The van der Waals surface area contributed by atoms with Gasteiger partial charge in [-0.15, -0.1) is 0 Å². The molecule has 1 aliphatic carbocycles. The van der Waals surface area contributed by atoms with Crippen LogP contribution in [0.3, 0.4) is 0 Å². The normalized spacial score (nSPS) is 24.0. The van der Waals surface area contributed by atoms with E-state index in [-0.39, 0.29) is 23.7 Å². The minimum atomic E-state index is -0.535. The Morgan fingerprint density at radius 2 is 2.00 bits per heavy atom. The lowest BCUT2D eigenvalue weighted by molar-refractivity contribution is -0.146. The van der Waals surface area contributed by atoms with Crippen LogP contribution < -0.4 is 0 Å². The van der Waals surface area contributed by atoms with Crippen LogP contribution in [0.15, 0.2) is 30.3 Å². The largest absolute Gasteiger partial charge is 0.388 e. The molecule has 21 heavy (non-hydrogen) atoms. The smallest absolute Gasteiger partial charge is 0.226 e. The Kier molecular flexibility index (Phi) is 4.06. The van der Waals surface area contributed by atoms with Gasteiger partial charge in [0.05, 0.1) is 12.0 Å². The van der Waals surface area contributed by atoms with Crippen molar-refractivity contribution in [2.75, 3.05) is 6.54 Å². The molecule has 0 aromatic heterocycles. The molecular formula is C17H21NO3. The van der Waals surface area contributed by atoms with E-state index in [1.165, 1.54) is 0 Å². The highest BCUT2D eigenvalue weighted by atomic mass is 16.3. The van der Waals surface area contributed by atoms with Gasteiger partial charge >= 0.3 is 0 Å².